The molecule has 1 aromatic heterocycles. The number of methoxy groups -OCH3 is 1. The lowest BCUT2D eigenvalue weighted by molar-refractivity contribution is -0.142. The van der Waals surface area contributed by atoms with Crippen molar-refractivity contribution < 1.29 is 14.3 Å². The molecule has 0 aliphatic carbocycles. The maximum atomic E-state index is 12.9. The van der Waals surface area contributed by atoms with Crippen molar-refractivity contribution in [1.29, 1.82) is 0 Å². The molecule has 26 heavy (non-hydrogen) atoms. The van der Waals surface area contributed by atoms with Crippen molar-refractivity contribution in [2.75, 3.05) is 19.6 Å². The third kappa shape index (κ3) is 4.62. The molecule has 0 bridgehead atoms. The number of hydrogen-bond donors (Lipinski definition) is 2. The van der Waals surface area contributed by atoms with Crippen LogP contribution in [0.4, 0.5) is 0 Å². The minimum absolute atomic E-state index is 0.254. The van der Waals surface area contributed by atoms with Gasteiger partial charge in [0.15, 0.2) is 0 Å². The number of ether oxygens (including phenoxy) is 1. The van der Waals surface area contributed by atoms with Gasteiger partial charge >= 0.3 is 5.97 Å². The first-order valence-electron chi connectivity index (χ1n) is 7.62. The Hall–Kier alpha value is -2.37. The Balaban J connectivity index is 2.34. The Morgan fingerprint density at radius 2 is 2.00 bits per heavy atom. The summed E-state index contributed by atoms with van der Waals surface area (Å²) in [6, 6.07) is 2.76. The SMILES string of the molecule is C#Cc1cc(SC)c(C(=O)N[C@H](Cc2cnc[nH]2)C(=O)OC)c(SC)c1. The standard InChI is InChI=1S/C18H19N3O3S2/c1-5-11-6-14(25-3)16(15(7-11)26-4)17(22)21-13(18(23)24-2)8-12-9-19-10-20-12/h1,6-7,9-10,13H,8H2,2-4H3,(H,19,20)(H,21,22)/t13-/m1/s1. The predicted octanol–water partition coefficient (Wildman–Crippen LogP) is 2.35. The molecule has 2 N–H and O–H groups in total. The lowest BCUT2D eigenvalue weighted by Crippen LogP contribution is -2.43. The average Bonchev–Trinajstić information content (AvgIpc) is 3.18. The molecule has 0 saturated carbocycles. The fourth-order valence-electron chi connectivity index (χ4n) is 2.40. The van der Waals surface area contributed by atoms with Gasteiger partial charge in [0.25, 0.3) is 5.91 Å². The molecule has 136 valence electrons. The zero-order chi connectivity index (χ0) is 19.1. The molecule has 0 unspecified atom stereocenters. The first kappa shape index (κ1) is 19.9. The van der Waals surface area contributed by atoms with Crippen LogP contribution in [0.25, 0.3) is 0 Å². The largest absolute Gasteiger partial charge is 0.467 e. The van der Waals surface area contributed by atoms with Gasteiger partial charge in [0, 0.05) is 33.7 Å². The van der Waals surface area contributed by atoms with Crippen LogP contribution in [0, 0.1) is 12.3 Å². The monoisotopic (exact) mass is 389 g/mol. The first-order valence-corrected chi connectivity index (χ1v) is 10.1. The van der Waals surface area contributed by atoms with Gasteiger partial charge in [-0.3, -0.25) is 4.79 Å². The lowest BCUT2D eigenvalue weighted by Gasteiger charge is -2.18. The number of H-pyrrole nitrogens is 1. The lowest BCUT2D eigenvalue weighted by atomic mass is 10.1. The second kappa shape index (κ2) is 9.36. The average molecular weight is 390 g/mol. The second-order valence-electron chi connectivity index (χ2n) is 5.23. The second-order valence-corrected chi connectivity index (χ2v) is 6.93. The molecule has 1 heterocycles. The minimum Gasteiger partial charge on any atom is -0.467 e. The number of carbonyl (C=O) groups excluding carboxylic acids is 2. The summed E-state index contributed by atoms with van der Waals surface area (Å²) in [6.45, 7) is 0. The van der Waals surface area contributed by atoms with E-state index in [0.717, 1.165) is 15.5 Å². The Morgan fingerprint density at radius 3 is 2.46 bits per heavy atom. The summed E-state index contributed by atoms with van der Waals surface area (Å²) in [5, 5.41) is 2.77. The predicted molar refractivity (Wildman–Crippen MR) is 104 cm³/mol. The third-order valence-corrected chi connectivity index (χ3v) is 5.19. The van der Waals surface area contributed by atoms with Crippen LogP contribution in [0.2, 0.25) is 0 Å². The number of esters is 1. The van der Waals surface area contributed by atoms with Crippen LogP contribution in [-0.2, 0) is 16.0 Å². The van der Waals surface area contributed by atoms with Crippen molar-refractivity contribution in [3.63, 3.8) is 0 Å². The maximum absolute atomic E-state index is 12.9. The van der Waals surface area contributed by atoms with Gasteiger partial charge in [0.2, 0.25) is 0 Å². The van der Waals surface area contributed by atoms with Crippen molar-refractivity contribution >= 4 is 35.4 Å². The molecule has 0 aliphatic heterocycles. The molecule has 6 nitrogen and oxygen atoms in total. The van der Waals surface area contributed by atoms with E-state index in [4.69, 9.17) is 11.2 Å². The molecular weight excluding hydrogens is 370 g/mol. The summed E-state index contributed by atoms with van der Waals surface area (Å²) < 4.78 is 4.82. The number of nitrogens with one attached hydrogen (secondary N) is 2. The number of aromatic amines is 1. The molecule has 8 heteroatoms. The molecule has 0 radical (unpaired) electrons. The van der Waals surface area contributed by atoms with E-state index in [2.05, 4.69) is 21.2 Å². The molecule has 2 rings (SSSR count). The van der Waals surface area contributed by atoms with Gasteiger partial charge < -0.3 is 15.0 Å². The Kier molecular flexibility index (Phi) is 7.18. The van der Waals surface area contributed by atoms with Gasteiger partial charge in [-0.15, -0.1) is 29.9 Å². The van der Waals surface area contributed by atoms with Gasteiger partial charge in [-0.05, 0) is 24.6 Å². The van der Waals surface area contributed by atoms with Crippen LogP contribution in [0.3, 0.4) is 0 Å². The minimum atomic E-state index is -0.829. The molecule has 2 aromatic rings. The number of nitrogens with zero attached hydrogens (tertiary/aromatic N) is 1. The highest BCUT2D eigenvalue weighted by Gasteiger charge is 2.26. The molecule has 1 aromatic carbocycles. The number of thioether (sulfide) groups is 2. The normalized spacial score (nSPS) is 11.5. The summed E-state index contributed by atoms with van der Waals surface area (Å²) in [5.41, 5.74) is 1.93. The summed E-state index contributed by atoms with van der Waals surface area (Å²) in [7, 11) is 1.29. The van der Waals surface area contributed by atoms with Crippen molar-refractivity contribution in [3.8, 4) is 12.3 Å². The number of carbonyl (C=O) groups is 2. The molecule has 0 saturated heterocycles. The quantitative estimate of drug-likeness (QED) is 0.430. The summed E-state index contributed by atoms with van der Waals surface area (Å²) >= 11 is 2.85. The Morgan fingerprint density at radius 1 is 1.35 bits per heavy atom. The number of aromatic nitrogens is 2. The van der Waals surface area contributed by atoms with Crippen LogP contribution in [0.15, 0.2) is 34.4 Å². The first-order chi connectivity index (χ1) is 12.5. The van der Waals surface area contributed by atoms with Crippen LogP contribution in [-0.4, -0.2) is 47.5 Å². The van der Waals surface area contributed by atoms with Crippen LogP contribution in [0.5, 0.6) is 0 Å². The molecule has 0 spiro atoms. The van der Waals surface area contributed by atoms with Gasteiger partial charge in [-0.1, -0.05) is 5.92 Å². The number of amides is 1. The number of terminal acetylenes is 1. The molecule has 0 fully saturated rings. The number of benzene rings is 1. The van der Waals surface area contributed by atoms with Gasteiger partial charge in [0.05, 0.1) is 19.0 Å². The van der Waals surface area contributed by atoms with E-state index in [0.29, 0.717) is 11.1 Å². The van der Waals surface area contributed by atoms with Crippen molar-refractivity contribution in [3.05, 3.63) is 41.5 Å². The van der Waals surface area contributed by atoms with E-state index in [1.165, 1.54) is 37.0 Å². The Labute approximate surface area is 160 Å². The fourth-order valence-corrected chi connectivity index (χ4v) is 3.77. The van der Waals surface area contributed by atoms with Gasteiger partial charge in [-0.2, -0.15) is 0 Å². The fraction of sp³-hybridized carbons (Fsp3) is 0.278. The van der Waals surface area contributed by atoms with E-state index in [-0.39, 0.29) is 12.3 Å². The van der Waals surface area contributed by atoms with Crippen molar-refractivity contribution in [1.82, 2.24) is 15.3 Å². The smallest absolute Gasteiger partial charge is 0.328 e. The van der Waals surface area contributed by atoms with E-state index in [9.17, 15) is 9.59 Å². The van der Waals surface area contributed by atoms with Gasteiger partial charge in [-0.25, -0.2) is 9.78 Å². The number of rotatable bonds is 7. The van der Waals surface area contributed by atoms with Crippen molar-refractivity contribution in [2.45, 2.75) is 22.3 Å². The van der Waals surface area contributed by atoms with Crippen molar-refractivity contribution in [2.24, 2.45) is 0 Å². The van der Waals surface area contributed by atoms with Crippen LogP contribution >= 0.6 is 23.5 Å². The topological polar surface area (TPSA) is 84.1 Å². The molecular formula is C18H19N3O3S2. The number of imidazole rings is 1. The molecule has 1 amide bonds. The highest BCUT2D eigenvalue weighted by atomic mass is 32.2. The van der Waals surface area contributed by atoms with Crippen LogP contribution < -0.4 is 5.32 Å². The summed E-state index contributed by atoms with van der Waals surface area (Å²) in [5.74, 6) is 1.72. The van der Waals surface area contributed by atoms with Crippen LogP contribution in [0.1, 0.15) is 21.6 Å². The van der Waals surface area contributed by atoms with E-state index >= 15 is 0 Å². The van der Waals surface area contributed by atoms with E-state index in [1.54, 1.807) is 18.3 Å². The summed E-state index contributed by atoms with van der Waals surface area (Å²) in [6.07, 6.45) is 12.6. The highest BCUT2D eigenvalue weighted by molar-refractivity contribution is 7.99. The molecule has 1 atom stereocenters. The highest BCUT2D eigenvalue weighted by Crippen LogP contribution is 2.31. The number of hydrogen-bond acceptors (Lipinski definition) is 6. The van der Waals surface area contributed by atoms with E-state index in [1.807, 2.05) is 12.5 Å². The third-order valence-electron chi connectivity index (χ3n) is 3.67. The van der Waals surface area contributed by atoms with Gasteiger partial charge in [0.1, 0.15) is 6.04 Å². The zero-order valence-electron chi connectivity index (χ0n) is 14.7. The maximum Gasteiger partial charge on any atom is 0.328 e. The molecule has 0 aliphatic rings. The summed E-state index contributed by atoms with van der Waals surface area (Å²) in [4.78, 5) is 33.4. The van der Waals surface area contributed by atoms with E-state index < -0.39 is 12.0 Å². The Bertz CT molecular complexity index is 804. The zero-order valence-corrected chi connectivity index (χ0v) is 16.3.